The molecule has 0 radical (unpaired) electrons. The van der Waals surface area contributed by atoms with Gasteiger partial charge in [-0.05, 0) is 32.4 Å². The maximum absolute atomic E-state index is 2.39. The zero-order valence-corrected chi connectivity index (χ0v) is 6.14. The molecule has 0 N–H and O–H groups in total. The highest BCUT2D eigenvalue weighted by Crippen LogP contribution is 2.07. The average molecular weight is 125 g/mol. The van der Waals surface area contributed by atoms with Crippen molar-refractivity contribution < 1.29 is 0 Å². The largest absolute Gasteiger partial charge is 0.378 e. The van der Waals surface area contributed by atoms with E-state index in [0.29, 0.717) is 0 Å². The second kappa shape index (κ2) is 3.54. The molecule has 0 atom stereocenters. The second-order valence-corrected chi connectivity index (χ2v) is 2.58. The topological polar surface area (TPSA) is 3.24 Å². The minimum atomic E-state index is 1.27. The van der Waals surface area contributed by atoms with Crippen LogP contribution in [0.2, 0.25) is 0 Å². The molecule has 0 aromatic carbocycles. The summed E-state index contributed by atoms with van der Waals surface area (Å²) in [5, 5.41) is 0. The minimum Gasteiger partial charge on any atom is -0.378 e. The van der Waals surface area contributed by atoms with Crippen LogP contribution in [-0.4, -0.2) is 18.0 Å². The van der Waals surface area contributed by atoms with Gasteiger partial charge in [0.1, 0.15) is 0 Å². The van der Waals surface area contributed by atoms with Crippen LogP contribution in [0.1, 0.15) is 26.2 Å². The van der Waals surface area contributed by atoms with Gasteiger partial charge in [-0.1, -0.05) is 6.08 Å². The Bertz CT molecular complexity index is 90.7. The minimum absolute atomic E-state index is 1.27. The molecule has 1 heterocycles. The number of piperidine rings is 1. The van der Waals surface area contributed by atoms with E-state index >= 15 is 0 Å². The van der Waals surface area contributed by atoms with E-state index in [-0.39, 0.29) is 0 Å². The van der Waals surface area contributed by atoms with Crippen LogP contribution < -0.4 is 0 Å². The normalized spacial score (nSPS) is 21.2. The molecule has 1 aliphatic rings. The number of nitrogens with zero attached hydrogens (tertiary/aromatic N) is 1. The van der Waals surface area contributed by atoms with Gasteiger partial charge < -0.3 is 4.90 Å². The molecule has 1 aliphatic heterocycles. The molecule has 1 saturated heterocycles. The molecular weight excluding hydrogens is 110 g/mol. The van der Waals surface area contributed by atoms with Crippen LogP contribution >= 0.6 is 0 Å². The van der Waals surface area contributed by atoms with Gasteiger partial charge in [-0.25, -0.2) is 0 Å². The molecule has 0 amide bonds. The van der Waals surface area contributed by atoms with Crippen molar-refractivity contribution in [2.75, 3.05) is 13.1 Å². The van der Waals surface area contributed by atoms with Crippen LogP contribution in [0.4, 0.5) is 0 Å². The van der Waals surface area contributed by atoms with Gasteiger partial charge in [0.2, 0.25) is 0 Å². The summed E-state index contributed by atoms with van der Waals surface area (Å²) < 4.78 is 0. The van der Waals surface area contributed by atoms with E-state index in [1.165, 1.54) is 32.4 Å². The van der Waals surface area contributed by atoms with E-state index < -0.39 is 0 Å². The lowest BCUT2D eigenvalue weighted by atomic mass is 10.1. The van der Waals surface area contributed by atoms with E-state index in [9.17, 15) is 0 Å². The fourth-order valence-electron chi connectivity index (χ4n) is 1.28. The monoisotopic (exact) mass is 125 g/mol. The lowest BCUT2D eigenvalue weighted by molar-refractivity contribution is 0.309. The summed E-state index contributed by atoms with van der Waals surface area (Å²) in [6, 6.07) is 0. The summed E-state index contributed by atoms with van der Waals surface area (Å²) in [5.74, 6) is 0. The van der Waals surface area contributed by atoms with Gasteiger partial charge in [-0.2, -0.15) is 0 Å². The molecule has 0 unspecified atom stereocenters. The number of allylic oxidation sites excluding steroid dienone is 1. The molecule has 1 heteroatoms. The van der Waals surface area contributed by atoms with Gasteiger partial charge in [0, 0.05) is 13.1 Å². The van der Waals surface area contributed by atoms with Crippen LogP contribution in [0.25, 0.3) is 0 Å². The summed E-state index contributed by atoms with van der Waals surface area (Å²) in [6.07, 6.45) is 8.49. The number of hydrogen-bond donors (Lipinski definition) is 0. The third-order valence-electron chi connectivity index (χ3n) is 1.75. The Morgan fingerprint density at radius 1 is 1.11 bits per heavy atom. The Labute approximate surface area is 57.4 Å². The predicted octanol–water partition coefficient (Wildman–Crippen LogP) is 2.01. The van der Waals surface area contributed by atoms with Crippen molar-refractivity contribution in [3.05, 3.63) is 12.3 Å². The van der Waals surface area contributed by atoms with Crippen molar-refractivity contribution in [2.45, 2.75) is 26.2 Å². The van der Waals surface area contributed by atoms with Crippen molar-refractivity contribution in [1.29, 1.82) is 0 Å². The highest BCUT2D eigenvalue weighted by Gasteiger charge is 2.03. The molecule has 52 valence electrons. The van der Waals surface area contributed by atoms with Crippen LogP contribution in [0.3, 0.4) is 0 Å². The van der Waals surface area contributed by atoms with Gasteiger partial charge in [-0.3, -0.25) is 0 Å². The third-order valence-corrected chi connectivity index (χ3v) is 1.75. The lowest BCUT2D eigenvalue weighted by Crippen LogP contribution is -2.23. The van der Waals surface area contributed by atoms with E-state index in [0.717, 1.165) is 0 Å². The fraction of sp³-hybridized carbons (Fsp3) is 0.750. The van der Waals surface area contributed by atoms with Crippen molar-refractivity contribution >= 4 is 0 Å². The van der Waals surface area contributed by atoms with Gasteiger partial charge >= 0.3 is 0 Å². The summed E-state index contributed by atoms with van der Waals surface area (Å²) in [4.78, 5) is 2.39. The van der Waals surface area contributed by atoms with Gasteiger partial charge in [-0.15, -0.1) is 0 Å². The van der Waals surface area contributed by atoms with Crippen LogP contribution in [0.5, 0.6) is 0 Å². The first kappa shape index (κ1) is 6.66. The third kappa shape index (κ3) is 2.08. The van der Waals surface area contributed by atoms with Gasteiger partial charge in [0.05, 0.1) is 0 Å². The average Bonchev–Trinajstić information content (AvgIpc) is 1.91. The molecule has 0 aromatic rings. The molecule has 1 fully saturated rings. The Hall–Kier alpha value is -0.460. The molecule has 9 heavy (non-hydrogen) atoms. The summed E-state index contributed by atoms with van der Waals surface area (Å²) >= 11 is 0. The van der Waals surface area contributed by atoms with E-state index in [2.05, 4.69) is 24.1 Å². The first-order valence-corrected chi connectivity index (χ1v) is 3.80. The molecule has 0 saturated carbocycles. The van der Waals surface area contributed by atoms with Crippen molar-refractivity contribution in [1.82, 2.24) is 4.90 Å². The molecule has 0 aliphatic carbocycles. The van der Waals surface area contributed by atoms with Crippen LogP contribution in [0, 0.1) is 0 Å². The van der Waals surface area contributed by atoms with Crippen molar-refractivity contribution in [2.24, 2.45) is 0 Å². The Morgan fingerprint density at radius 3 is 2.33 bits per heavy atom. The molecule has 1 rings (SSSR count). The first-order valence-electron chi connectivity index (χ1n) is 3.80. The molecule has 1 nitrogen and oxygen atoms in total. The number of hydrogen-bond acceptors (Lipinski definition) is 1. The standard InChI is InChI=1S/C8H15N/c1-2-6-9-7-4-3-5-8-9/h2,6H,3-5,7-8H2,1H3/b6-2-. The van der Waals surface area contributed by atoms with Crippen molar-refractivity contribution in [3.63, 3.8) is 0 Å². The van der Waals surface area contributed by atoms with Gasteiger partial charge in [0.15, 0.2) is 0 Å². The van der Waals surface area contributed by atoms with Crippen LogP contribution in [-0.2, 0) is 0 Å². The smallest absolute Gasteiger partial charge is 0.0172 e. The van der Waals surface area contributed by atoms with E-state index in [1.54, 1.807) is 0 Å². The van der Waals surface area contributed by atoms with Crippen molar-refractivity contribution in [3.8, 4) is 0 Å². The zero-order valence-electron chi connectivity index (χ0n) is 6.14. The summed E-state index contributed by atoms with van der Waals surface area (Å²) in [6.45, 7) is 4.61. The molecule has 0 aromatic heterocycles. The first-order chi connectivity index (χ1) is 4.43. The van der Waals surface area contributed by atoms with Crippen LogP contribution in [0.15, 0.2) is 12.3 Å². The predicted molar refractivity (Wildman–Crippen MR) is 40.2 cm³/mol. The van der Waals surface area contributed by atoms with E-state index in [1.807, 2.05) is 0 Å². The highest BCUT2D eigenvalue weighted by molar-refractivity contribution is 4.80. The number of likely N-dealkylation sites (tertiary alicyclic amines) is 1. The molecule has 0 spiro atoms. The lowest BCUT2D eigenvalue weighted by Gasteiger charge is -2.24. The van der Waals surface area contributed by atoms with Gasteiger partial charge in [0.25, 0.3) is 0 Å². The Balaban J connectivity index is 2.23. The maximum Gasteiger partial charge on any atom is 0.0172 e. The number of rotatable bonds is 1. The molecule has 0 bridgehead atoms. The maximum atomic E-state index is 2.39. The summed E-state index contributed by atoms with van der Waals surface area (Å²) in [5.41, 5.74) is 0. The zero-order chi connectivity index (χ0) is 6.53. The van der Waals surface area contributed by atoms with E-state index in [4.69, 9.17) is 0 Å². The Morgan fingerprint density at radius 2 is 1.78 bits per heavy atom. The Kier molecular flexibility index (Phi) is 2.62. The summed E-state index contributed by atoms with van der Waals surface area (Å²) in [7, 11) is 0. The quantitative estimate of drug-likeness (QED) is 0.518. The SMILES string of the molecule is C/C=C\N1CCCCC1. The molecular formula is C8H15N. The fourth-order valence-corrected chi connectivity index (χ4v) is 1.28. The second-order valence-electron chi connectivity index (χ2n) is 2.58. The highest BCUT2D eigenvalue weighted by atomic mass is 15.1.